The minimum atomic E-state index is -0.755. The molecule has 19 heavy (non-hydrogen) atoms. The summed E-state index contributed by atoms with van der Waals surface area (Å²) in [7, 11) is 0. The molecule has 2 saturated carbocycles. The Labute approximate surface area is 115 Å². The van der Waals surface area contributed by atoms with Crippen LogP contribution in [-0.2, 0) is 9.59 Å². The summed E-state index contributed by atoms with van der Waals surface area (Å²) in [5.74, 6) is -0.360. The number of carbonyl (C=O) groups is 2. The van der Waals surface area contributed by atoms with E-state index in [1.165, 1.54) is 12.8 Å². The fourth-order valence-electron chi connectivity index (χ4n) is 2.97. The topological polar surface area (TPSA) is 66.4 Å². The molecule has 2 aliphatic rings. The minimum Gasteiger partial charge on any atom is -0.481 e. The third kappa shape index (κ3) is 4.84. The fraction of sp³-hybridized carbons (Fsp3) is 0.867. The van der Waals surface area contributed by atoms with Crippen LogP contribution in [0, 0.1) is 11.8 Å². The van der Waals surface area contributed by atoms with E-state index in [2.05, 4.69) is 5.32 Å². The Morgan fingerprint density at radius 2 is 1.68 bits per heavy atom. The lowest BCUT2D eigenvalue weighted by Gasteiger charge is -2.27. The first-order chi connectivity index (χ1) is 9.16. The molecule has 1 amide bonds. The molecule has 2 unspecified atom stereocenters. The number of aliphatic carboxylic acids is 1. The highest BCUT2D eigenvalue weighted by molar-refractivity contribution is 5.78. The Hall–Kier alpha value is -1.06. The molecule has 2 N–H and O–H groups in total. The summed E-state index contributed by atoms with van der Waals surface area (Å²) >= 11 is 0. The van der Waals surface area contributed by atoms with Gasteiger partial charge in [-0.1, -0.05) is 38.5 Å². The maximum absolute atomic E-state index is 11.9. The second kappa shape index (κ2) is 6.92. The van der Waals surface area contributed by atoms with Gasteiger partial charge in [0.2, 0.25) is 5.91 Å². The van der Waals surface area contributed by atoms with Crippen molar-refractivity contribution in [2.45, 2.75) is 70.3 Å². The molecule has 0 aromatic heterocycles. The molecule has 0 aromatic rings. The van der Waals surface area contributed by atoms with Crippen LogP contribution in [0.1, 0.15) is 64.2 Å². The van der Waals surface area contributed by atoms with Gasteiger partial charge in [0.1, 0.15) is 0 Å². The number of hydrogen-bond donors (Lipinski definition) is 2. The van der Waals surface area contributed by atoms with Crippen molar-refractivity contribution in [1.29, 1.82) is 0 Å². The van der Waals surface area contributed by atoms with Crippen molar-refractivity contribution >= 4 is 11.9 Å². The summed E-state index contributed by atoms with van der Waals surface area (Å²) in [6.07, 6.45) is 9.82. The van der Waals surface area contributed by atoms with E-state index in [0.717, 1.165) is 44.4 Å². The van der Waals surface area contributed by atoms with Gasteiger partial charge in [0, 0.05) is 12.5 Å². The van der Waals surface area contributed by atoms with E-state index >= 15 is 0 Å². The molecule has 0 aliphatic heterocycles. The normalized spacial score (nSPS) is 28.2. The van der Waals surface area contributed by atoms with Crippen LogP contribution >= 0.6 is 0 Å². The largest absolute Gasteiger partial charge is 0.481 e. The summed E-state index contributed by atoms with van der Waals surface area (Å²) in [4.78, 5) is 23.2. The smallest absolute Gasteiger partial charge is 0.308 e. The van der Waals surface area contributed by atoms with Crippen molar-refractivity contribution in [3.05, 3.63) is 0 Å². The summed E-state index contributed by atoms with van der Waals surface area (Å²) in [6, 6.07) is -0.162. The zero-order valence-corrected chi connectivity index (χ0v) is 11.6. The summed E-state index contributed by atoms with van der Waals surface area (Å²) in [6.45, 7) is 0. The quantitative estimate of drug-likeness (QED) is 0.805. The molecule has 0 aromatic carbocycles. The van der Waals surface area contributed by atoms with Crippen LogP contribution in [0.25, 0.3) is 0 Å². The highest BCUT2D eigenvalue weighted by atomic mass is 16.4. The molecule has 0 saturated heterocycles. The highest BCUT2D eigenvalue weighted by Gasteiger charge is 2.30. The average Bonchev–Trinajstić information content (AvgIpc) is 3.13. The zero-order chi connectivity index (χ0) is 13.7. The lowest BCUT2D eigenvalue weighted by Crippen LogP contribution is -2.43. The van der Waals surface area contributed by atoms with Gasteiger partial charge in [-0.15, -0.1) is 0 Å². The van der Waals surface area contributed by atoms with Crippen LogP contribution in [0.3, 0.4) is 0 Å². The van der Waals surface area contributed by atoms with Gasteiger partial charge >= 0.3 is 5.97 Å². The van der Waals surface area contributed by atoms with Crippen molar-refractivity contribution < 1.29 is 14.7 Å². The summed E-state index contributed by atoms with van der Waals surface area (Å²) in [5, 5.41) is 12.3. The number of carboxylic acid groups (broad SMARTS) is 1. The summed E-state index contributed by atoms with van der Waals surface area (Å²) in [5.41, 5.74) is 0. The Morgan fingerprint density at radius 1 is 1.00 bits per heavy atom. The number of amides is 1. The van der Waals surface area contributed by atoms with Gasteiger partial charge in [-0.05, 0) is 25.2 Å². The molecule has 2 atom stereocenters. The second-order valence-electron chi connectivity index (χ2n) is 6.09. The molecular formula is C15H25NO3. The van der Waals surface area contributed by atoms with Crippen LogP contribution in [0.2, 0.25) is 0 Å². The van der Waals surface area contributed by atoms with Gasteiger partial charge in [0.15, 0.2) is 0 Å². The Bertz CT molecular complexity index is 325. The van der Waals surface area contributed by atoms with Gasteiger partial charge in [-0.25, -0.2) is 0 Å². The molecule has 0 radical (unpaired) electrons. The minimum absolute atomic E-state index is 0.0451. The zero-order valence-electron chi connectivity index (χ0n) is 11.6. The number of carbonyl (C=O) groups excluding carboxylic acids is 1. The van der Waals surface area contributed by atoms with Crippen LogP contribution in [0.5, 0.6) is 0 Å². The SMILES string of the molecule is O=C(CCC1CC1)NC1CCCCCCC1C(=O)O. The number of rotatable bonds is 5. The third-order valence-corrected chi connectivity index (χ3v) is 4.41. The van der Waals surface area contributed by atoms with Gasteiger partial charge < -0.3 is 10.4 Å². The van der Waals surface area contributed by atoms with Crippen LogP contribution in [-0.4, -0.2) is 23.0 Å². The lowest BCUT2D eigenvalue weighted by atomic mass is 9.86. The first-order valence-corrected chi connectivity index (χ1v) is 7.69. The van der Waals surface area contributed by atoms with E-state index in [-0.39, 0.29) is 11.9 Å². The molecule has 4 heteroatoms. The average molecular weight is 267 g/mol. The predicted molar refractivity (Wildman–Crippen MR) is 72.7 cm³/mol. The maximum atomic E-state index is 11.9. The van der Waals surface area contributed by atoms with Crippen molar-refractivity contribution in [2.75, 3.05) is 0 Å². The first kappa shape index (κ1) is 14.4. The molecule has 2 rings (SSSR count). The molecule has 108 valence electrons. The molecule has 4 nitrogen and oxygen atoms in total. The van der Waals surface area contributed by atoms with E-state index in [1.54, 1.807) is 0 Å². The molecular weight excluding hydrogens is 242 g/mol. The van der Waals surface area contributed by atoms with Crippen LogP contribution in [0.15, 0.2) is 0 Å². The molecule has 0 bridgehead atoms. The van der Waals surface area contributed by atoms with Crippen LogP contribution in [0.4, 0.5) is 0 Å². The van der Waals surface area contributed by atoms with Gasteiger partial charge in [0.25, 0.3) is 0 Å². The molecule has 2 fully saturated rings. The fourth-order valence-corrected chi connectivity index (χ4v) is 2.97. The lowest BCUT2D eigenvalue weighted by molar-refractivity contribution is -0.143. The van der Waals surface area contributed by atoms with E-state index in [1.807, 2.05) is 0 Å². The second-order valence-corrected chi connectivity index (χ2v) is 6.09. The van der Waals surface area contributed by atoms with Crippen molar-refractivity contribution in [2.24, 2.45) is 11.8 Å². The van der Waals surface area contributed by atoms with Gasteiger partial charge in [-0.3, -0.25) is 9.59 Å². The molecule has 0 heterocycles. The molecule has 2 aliphatic carbocycles. The van der Waals surface area contributed by atoms with Crippen molar-refractivity contribution in [3.8, 4) is 0 Å². The van der Waals surface area contributed by atoms with Gasteiger partial charge in [0.05, 0.1) is 5.92 Å². The molecule has 0 spiro atoms. The van der Waals surface area contributed by atoms with E-state index in [4.69, 9.17) is 0 Å². The van der Waals surface area contributed by atoms with E-state index < -0.39 is 11.9 Å². The number of nitrogens with one attached hydrogen (secondary N) is 1. The maximum Gasteiger partial charge on any atom is 0.308 e. The third-order valence-electron chi connectivity index (χ3n) is 4.41. The standard InChI is InChI=1S/C15H25NO3/c17-14(10-9-11-7-8-11)16-13-6-4-2-1-3-5-12(13)15(18)19/h11-13H,1-10H2,(H,16,17)(H,18,19). The van der Waals surface area contributed by atoms with Crippen molar-refractivity contribution in [3.63, 3.8) is 0 Å². The first-order valence-electron chi connectivity index (χ1n) is 7.69. The predicted octanol–water partition coefficient (Wildman–Crippen LogP) is 2.72. The van der Waals surface area contributed by atoms with E-state index in [9.17, 15) is 14.7 Å². The number of carboxylic acids is 1. The Morgan fingerprint density at radius 3 is 2.32 bits per heavy atom. The van der Waals surface area contributed by atoms with Crippen molar-refractivity contribution in [1.82, 2.24) is 5.32 Å². The monoisotopic (exact) mass is 267 g/mol. The van der Waals surface area contributed by atoms with Crippen LogP contribution < -0.4 is 5.32 Å². The Balaban J connectivity index is 1.84. The van der Waals surface area contributed by atoms with E-state index in [0.29, 0.717) is 12.8 Å². The van der Waals surface area contributed by atoms with Gasteiger partial charge in [-0.2, -0.15) is 0 Å². The summed E-state index contributed by atoms with van der Waals surface area (Å²) < 4.78 is 0. The Kier molecular flexibility index (Phi) is 5.23. The highest BCUT2D eigenvalue weighted by Crippen LogP contribution is 2.33. The number of hydrogen-bond acceptors (Lipinski definition) is 2.